The zero-order chi connectivity index (χ0) is 23.7. The fraction of sp³-hybridized carbons (Fsp3) is 0.684. The molecule has 0 fully saturated rings. The van der Waals surface area contributed by atoms with Crippen molar-refractivity contribution in [2.24, 2.45) is 0 Å². The molecule has 0 spiro atoms. The second kappa shape index (κ2) is 9.75. The number of fused-ring (bicyclic) bond motifs is 1. The molecule has 1 aromatic rings. The fourth-order valence-electron chi connectivity index (χ4n) is 3.34. The highest BCUT2D eigenvalue weighted by atomic mass is 32.3. The lowest BCUT2D eigenvalue weighted by molar-refractivity contribution is -0.140. The number of sulfone groups is 1. The summed E-state index contributed by atoms with van der Waals surface area (Å²) in [5, 5.41) is 2.57. The van der Waals surface area contributed by atoms with Crippen LogP contribution >= 0.6 is 11.3 Å². The standard InChI is InChI=1S/C19H30N2O7S3/c1-7-20-16-8-10(2)30(24,25)19-15(16)9-17(29-19)31(26,27)21-11(3)18(23)14(6)28-13(5)12(4)22/h9-11,13-14,16,20-21H,7-8H2,1-6H3/t10-,11?,13?,14?,16-/m0/s1. The number of carbonyl (C=O) groups excluding carboxylic acids is 2. The van der Waals surface area contributed by atoms with Gasteiger partial charge in [0.1, 0.15) is 20.6 Å². The molecule has 2 rings (SSSR count). The van der Waals surface area contributed by atoms with E-state index in [0.29, 0.717) is 29.9 Å². The lowest BCUT2D eigenvalue weighted by Crippen LogP contribution is -2.44. The topological polar surface area (TPSA) is 136 Å². The maximum atomic E-state index is 12.9. The fourth-order valence-corrected chi connectivity index (χ4v) is 8.57. The van der Waals surface area contributed by atoms with Gasteiger partial charge in [0.05, 0.1) is 11.3 Å². The first-order valence-electron chi connectivity index (χ1n) is 10.0. The minimum absolute atomic E-state index is 0.0449. The van der Waals surface area contributed by atoms with Crippen LogP contribution in [0.15, 0.2) is 14.5 Å². The van der Waals surface area contributed by atoms with Gasteiger partial charge in [-0.25, -0.2) is 21.6 Å². The highest BCUT2D eigenvalue weighted by Crippen LogP contribution is 2.42. The van der Waals surface area contributed by atoms with E-state index in [1.54, 1.807) is 6.92 Å². The largest absolute Gasteiger partial charge is 0.360 e. The van der Waals surface area contributed by atoms with Crippen molar-refractivity contribution in [3.8, 4) is 0 Å². The van der Waals surface area contributed by atoms with Gasteiger partial charge in [0, 0.05) is 11.6 Å². The normalized spacial score (nSPS) is 23.5. The van der Waals surface area contributed by atoms with Gasteiger partial charge in [-0.05, 0) is 53.7 Å². The van der Waals surface area contributed by atoms with Crippen LogP contribution in [0.5, 0.6) is 0 Å². The van der Waals surface area contributed by atoms with Crippen LogP contribution in [0.2, 0.25) is 0 Å². The third-order valence-corrected chi connectivity index (χ3v) is 11.2. The molecule has 1 aromatic heterocycles. The van der Waals surface area contributed by atoms with Gasteiger partial charge in [-0.15, -0.1) is 11.3 Å². The molecule has 0 bridgehead atoms. The van der Waals surface area contributed by atoms with Crippen LogP contribution in [0.3, 0.4) is 0 Å². The number of hydrogen-bond acceptors (Lipinski definition) is 9. The molecule has 0 amide bonds. The van der Waals surface area contributed by atoms with Crippen molar-refractivity contribution in [3.63, 3.8) is 0 Å². The molecule has 0 aliphatic carbocycles. The van der Waals surface area contributed by atoms with Gasteiger partial charge < -0.3 is 10.1 Å². The van der Waals surface area contributed by atoms with Crippen molar-refractivity contribution in [1.82, 2.24) is 10.0 Å². The van der Waals surface area contributed by atoms with Crippen LogP contribution in [0, 0.1) is 0 Å². The Morgan fingerprint density at radius 2 is 1.87 bits per heavy atom. The number of nitrogens with one attached hydrogen (secondary N) is 2. The molecule has 1 aliphatic heterocycles. The van der Waals surface area contributed by atoms with E-state index in [2.05, 4.69) is 10.0 Å². The third-order valence-electron chi connectivity index (χ3n) is 5.29. The molecule has 176 valence electrons. The van der Waals surface area contributed by atoms with Crippen molar-refractivity contribution in [3.05, 3.63) is 11.6 Å². The summed E-state index contributed by atoms with van der Waals surface area (Å²) in [6, 6.07) is -0.0220. The zero-order valence-electron chi connectivity index (χ0n) is 18.5. The minimum atomic E-state index is -4.15. The van der Waals surface area contributed by atoms with E-state index >= 15 is 0 Å². The Morgan fingerprint density at radius 3 is 2.42 bits per heavy atom. The number of thiophene rings is 1. The summed E-state index contributed by atoms with van der Waals surface area (Å²) in [5.41, 5.74) is 0.441. The van der Waals surface area contributed by atoms with Crippen LogP contribution in [0.25, 0.3) is 0 Å². The lowest BCUT2D eigenvalue weighted by Gasteiger charge is -2.27. The number of rotatable bonds is 10. The van der Waals surface area contributed by atoms with Gasteiger partial charge in [-0.1, -0.05) is 6.92 Å². The van der Waals surface area contributed by atoms with Gasteiger partial charge in [0.2, 0.25) is 0 Å². The van der Waals surface area contributed by atoms with E-state index < -0.39 is 49.1 Å². The molecule has 2 N–H and O–H groups in total. The first kappa shape index (κ1) is 26.1. The second-order valence-corrected chi connectivity index (χ2v) is 13.3. The summed E-state index contributed by atoms with van der Waals surface area (Å²) in [4.78, 5) is 23.9. The Balaban J connectivity index is 2.28. The number of hydrogen-bond donors (Lipinski definition) is 2. The lowest BCUT2D eigenvalue weighted by atomic mass is 10.1. The maximum absolute atomic E-state index is 12.9. The van der Waals surface area contributed by atoms with Crippen molar-refractivity contribution in [2.75, 3.05) is 6.54 Å². The minimum Gasteiger partial charge on any atom is -0.360 e. The van der Waals surface area contributed by atoms with Crippen molar-refractivity contribution < 1.29 is 31.2 Å². The molecule has 0 aromatic carbocycles. The smallest absolute Gasteiger partial charge is 0.250 e. The Kier molecular flexibility index (Phi) is 8.20. The highest BCUT2D eigenvalue weighted by Gasteiger charge is 2.40. The molecule has 0 saturated carbocycles. The Morgan fingerprint density at radius 1 is 1.26 bits per heavy atom. The highest BCUT2D eigenvalue weighted by molar-refractivity contribution is 7.95. The van der Waals surface area contributed by atoms with Crippen LogP contribution < -0.4 is 10.0 Å². The molecule has 0 radical (unpaired) electrons. The molecule has 31 heavy (non-hydrogen) atoms. The summed E-state index contributed by atoms with van der Waals surface area (Å²) in [7, 11) is -7.77. The van der Waals surface area contributed by atoms with E-state index in [1.165, 1.54) is 33.8 Å². The summed E-state index contributed by atoms with van der Waals surface area (Å²) in [6.07, 6.45) is -1.43. The van der Waals surface area contributed by atoms with Crippen LogP contribution in [0.1, 0.15) is 59.6 Å². The third kappa shape index (κ3) is 5.60. The first-order valence-corrected chi connectivity index (χ1v) is 13.9. The van der Waals surface area contributed by atoms with E-state index in [1.807, 2.05) is 6.92 Å². The number of ketones is 2. The molecular formula is C19H30N2O7S3. The number of carbonyl (C=O) groups is 2. The summed E-state index contributed by atoms with van der Waals surface area (Å²) in [6.45, 7) is 9.79. The van der Waals surface area contributed by atoms with Gasteiger partial charge in [0.25, 0.3) is 10.0 Å². The quantitative estimate of drug-likeness (QED) is 0.500. The zero-order valence-corrected chi connectivity index (χ0v) is 20.9. The number of sulfonamides is 1. The monoisotopic (exact) mass is 494 g/mol. The first-order chi connectivity index (χ1) is 14.2. The Hall–Kier alpha value is -1.18. The Bertz CT molecular complexity index is 1050. The SMILES string of the molecule is CCN[C@H]1C[C@H](C)S(=O)(=O)c2sc(S(=O)(=O)NC(C)C(=O)C(C)OC(C)C(C)=O)cc21. The molecule has 3 unspecified atom stereocenters. The van der Waals surface area contributed by atoms with E-state index in [0.717, 1.165) is 0 Å². The molecular weight excluding hydrogens is 464 g/mol. The summed E-state index contributed by atoms with van der Waals surface area (Å²) in [5.74, 6) is -0.785. The van der Waals surface area contributed by atoms with Gasteiger partial charge in [-0.2, -0.15) is 0 Å². The molecule has 2 heterocycles. The average molecular weight is 495 g/mol. The number of ether oxygens (including phenoxy) is 1. The molecule has 12 heteroatoms. The van der Waals surface area contributed by atoms with E-state index in [9.17, 15) is 26.4 Å². The predicted molar refractivity (Wildman–Crippen MR) is 117 cm³/mol. The predicted octanol–water partition coefficient (Wildman–Crippen LogP) is 1.58. The van der Waals surface area contributed by atoms with Crippen LogP contribution in [-0.4, -0.2) is 58.4 Å². The average Bonchev–Trinajstić information content (AvgIpc) is 3.13. The van der Waals surface area contributed by atoms with Crippen LogP contribution in [-0.2, 0) is 34.2 Å². The van der Waals surface area contributed by atoms with Crippen molar-refractivity contribution >= 4 is 42.8 Å². The maximum Gasteiger partial charge on any atom is 0.250 e. The molecule has 0 saturated heterocycles. The Labute approximate surface area is 187 Å². The van der Waals surface area contributed by atoms with Gasteiger partial charge in [-0.3, -0.25) is 9.59 Å². The second-order valence-electron chi connectivity index (χ2n) is 7.79. The van der Waals surface area contributed by atoms with E-state index in [4.69, 9.17) is 4.74 Å². The van der Waals surface area contributed by atoms with Crippen molar-refractivity contribution in [2.45, 2.75) is 85.9 Å². The van der Waals surface area contributed by atoms with Gasteiger partial charge in [0.15, 0.2) is 21.4 Å². The number of Topliss-reactive ketones (excluding diaryl/α,β-unsaturated/α-hetero) is 2. The summed E-state index contributed by atoms with van der Waals surface area (Å²) < 4.78 is 58.8. The molecule has 1 aliphatic rings. The van der Waals surface area contributed by atoms with Crippen LogP contribution in [0.4, 0.5) is 0 Å². The van der Waals surface area contributed by atoms with Crippen molar-refractivity contribution in [1.29, 1.82) is 0 Å². The summed E-state index contributed by atoms with van der Waals surface area (Å²) >= 11 is 0.694. The molecule has 9 nitrogen and oxygen atoms in total. The van der Waals surface area contributed by atoms with Gasteiger partial charge >= 0.3 is 0 Å². The molecule has 5 atom stereocenters. The van der Waals surface area contributed by atoms with E-state index in [-0.39, 0.29) is 20.2 Å².